The lowest BCUT2D eigenvalue weighted by Crippen LogP contribution is -1.85. The van der Waals surface area contributed by atoms with E-state index in [1.807, 2.05) is 23.6 Å². The number of rotatable bonds is 4. The van der Waals surface area contributed by atoms with Crippen molar-refractivity contribution in [1.29, 1.82) is 5.26 Å². The van der Waals surface area contributed by atoms with Gasteiger partial charge in [0.2, 0.25) is 5.82 Å². The van der Waals surface area contributed by atoms with Crippen LogP contribution < -0.4 is 4.74 Å². The summed E-state index contributed by atoms with van der Waals surface area (Å²) in [4.78, 5) is 5.09. The van der Waals surface area contributed by atoms with E-state index >= 15 is 0 Å². The summed E-state index contributed by atoms with van der Waals surface area (Å²) in [5.74, 6) is 0.918. The van der Waals surface area contributed by atoms with Gasteiger partial charge in [-0.3, -0.25) is 0 Å². The zero-order valence-corrected chi connectivity index (χ0v) is 12.9. The zero-order chi connectivity index (χ0) is 16.2. The van der Waals surface area contributed by atoms with Crippen molar-refractivity contribution in [3.8, 4) is 28.3 Å². The highest BCUT2D eigenvalue weighted by Gasteiger charge is 2.13. The standard InChI is InChI=1S/C16H11N3O3S/c1-21-13-5-4-10(8-12(13)20)7-11(9-17)16-18-15(19-22-16)14-3-2-6-23-14/h2-8,20H,1H3/b11-7+. The van der Waals surface area contributed by atoms with Crippen LogP contribution in [0, 0.1) is 11.3 Å². The Morgan fingerprint density at radius 1 is 1.43 bits per heavy atom. The molecule has 0 aliphatic heterocycles. The van der Waals surface area contributed by atoms with Gasteiger partial charge in [-0.2, -0.15) is 10.2 Å². The molecular formula is C16H11N3O3S. The monoisotopic (exact) mass is 325 g/mol. The number of aromatic nitrogens is 2. The van der Waals surface area contributed by atoms with E-state index in [0.29, 0.717) is 17.1 Å². The smallest absolute Gasteiger partial charge is 0.268 e. The summed E-state index contributed by atoms with van der Waals surface area (Å²) in [5.41, 5.74) is 0.834. The number of phenolic OH excluding ortho intramolecular Hbond substituents is 1. The molecule has 6 nitrogen and oxygen atoms in total. The van der Waals surface area contributed by atoms with E-state index in [2.05, 4.69) is 10.1 Å². The van der Waals surface area contributed by atoms with Crippen molar-refractivity contribution < 1.29 is 14.4 Å². The van der Waals surface area contributed by atoms with Crippen LogP contribution in [0.25, 0.3) is 22.4 Å². The summed E-state index contributed by atoms with van der Waals surface area (Å²) < 4.78 is 10.1. The number of phenols is 1. The van der Waals surface area contributed by atoms with Gasteiger partial charge in [-0.05, 0) is 35.2 Å². The summed E-state index contributed by atoms with van der Waals surface area (Å²) in [6, 6.07) is 10.6. The Bertz CT molecular complexity index is 892. The molecule has 0 saturated heterocycles. The fraction of sp³-hybridized carbons (Fsp3) is 0.0625. The normalized spacial score (nSPS) is 11.2. The molecule has 3 rings (SSSR count). The van der Waals surface area contributed by atoms with Crippen LogP contribution in [-0.2, 0) is 0 Å². The lowest BCUT2D eigenvalue weighted by molar-refractivity contribution is 0.373. The number of aromatic hydroxyl groups is 1. The van der Waals surface area contributed by atoms with Crippen LogP contribution in [0.1, 0.15) is 11.5 Å². The molecule has 1 aromatic carbocycles. The highest BCUT2D eigenvalue weighted by atomic mass is 32.1. The van der Waals surface area contributed by atoms with Crippen molar-refractivity contribution >= 4 is 23.0 Å². The Kier molecular flexibility index (Phi) is 4.08. The summed E-state index contributed by atoms with van der Waals surface area (Å²) >= 11 is 1.48. The van der Waals surface area contributed by atoms with Gasteiger partial charge < -0.3 is 14.4 Å². The Morgan fingerprint density at radius 2 is 2.30 bits per heavy atom. The average molecular weight is 325 g/mol. The molecule has 0 fully saturated rings. The lowest BCUT2D eigenvalue weighted by Gasteiger charge is -2.03. The number of allylic oxidation sites excluding steroid dienone is 1. The maximum absolute atomic E-state index is 9.79. The van der Waals surface area contributed by atoms with Gasteiger partial charge in [-0.1, -0.05) is 17.3 Å². The van der Waals surface area contributed by atoms with Crippen LogP contribution >= 0.6 is 11.3 Å². The molecule has 0 atom stereocenters. The fourth-order valence-corrected chi connectivity index (χ4v) is 2.59. The van der Waals surface area contributed by atoms with Gasteiger partial charge in [-0.15, -0.1) is 11.3 Å². The van der Waals surface area contributed by atoms with Crippen LogP contribution in [-0.4, -0.2) is 22.4 Å². The van der Waals surface area contributed by atoms with Crippen LogP contribution in [0.5, 0.6) is 11.5 Å². The molecule has 1 N–H and O–H groups in total. The second kappa shape index (κ2) is 6.34. The average Bonchev–Trinajstić information content (AvgIpc) is 3.23. The van der Waals surface area contributed by atoms with Gasteiger partial charge in [0, 0.05) is 0 Å². The van der Waals surface area contributed by atoms with Crippen molar-refractivity contribution in [2.24, 2.45) is 0 Å². The first kappa shape index (κ1) is 14.8. The van der Waals surface area contributed by atoms with E-state index < -0.39 is 0 Å². The van der Waals surface area contributed by atoms with E-state index in [9.17, 15) is 10.4 Å². The molecule has 0 bridgehead atoms. The predicted octanol–water partition coefficient (Wildman–Crippen LogP) is 3.58. The Hall–Kier alpha value is -3.11. The number of nitriles is 1. The number of benzene rings is 1. The van der Waals surface area contributed by atoms with Gasteiger partial charge in [0.1, 0.15) is 11.6 Å². The maximum Gasteiger partial charge on any atom is 0.268 e. The largest absolute Gasteiger partial charge is 0.504 e. The van der Waals surface area contributed by atoms with E-state index in [-0.39, 0.29) is 17.2 Å². The number of hydrogen-bond donors (Lipinski definition) is 1. The van der Waals surface area contributed by atoms with Crippen LogP contribution in [0.3, 0.4) is 0 Å². The van der Waals surface area contributed by atoms with Crippen LogP contribution in [0.2, 0.25) is 0 Å². The number of ether oxygens (including phenoxy) is 1. The molecule has 2 heterocycles. The molecule has 0 saturated carbocycles. The third-order valence-corrected chi connectivity index (χ3v) is 3.90. The quantitative estimate of drug-likeness (QED) is 0.737. The van der Waals surface area contributed by atoms with Gasteiger partial charge in [0.05, 0.1) is 12.0 Å². The minimum absolute atomic E-state index is 0.0108. The first-order valence-electron chi connectivity index (χ1n) is 6.58. The summed E-state index contributed by atoms with van der Waals surface area (Å²) in [6.45, 7) is 0. The first-order chi connectivity index (χ1) is 11.2. The lowest BCUT2D eigenvalue weighted by atomic mass is 10.1. The molecule has 2 aromatic heterocycles. The van der Waals surface area contributed by atoms with E-state index in [1.54, 1.807) is 18.2 Å². The second-order valence-corrected chi connectivity index (χ2v) is 5.45. The number of methoxy groups -OCH3 is 1. The highest BCUT2D eigenvalue weighted by Crippen LogP contribution is 2.29. The third kappa shape index (κ3) is 3.07. The van der Waals surface area contributed by atoms with Gasteiger partial charge in [0.15, 0.2) is 11.5 Å². The number of thiophene rings is 1. The van der Waals surface area contributed by atoms with E-state index in [0.717, 1.165) is 4.88 Å². The predicted molar refractivity (Wildman–Crippen MR) is 85.8 cm³/mol. The van der Waals surface area contributed by atoms with Crippen molar-refractivity contribution in [3.05, 3.63) is 47.2 Å². The van der Waals surface area contributed by atoms with Crippen molar-refractivity contribution in [1.82, 2.24) is 10.1 Å². The molecule has 23 heavy (non-hydrogen) atoms. The van der Waals surface area contributed by atoms with Crippen molar-refractivity contribution in [2.75, 3.05) is 7.11 Å². The Balaban J connectivity index is 1.94. The molecule has 0 aliphatic carbocycles. The van der Waals surface area contributed by atoms with Crippen LogP contribution in [0.15, 0.2) is 40.2 Å². The molecule has 0 radical (unpaired) electrons. The van der Waals surface area contributed by atoms with Gasteiger partial charge >= 0.3 is 0 Å². The Morgan fingerprint density at radius 3 is 2.96 bits per heavy atom. The molecule has 114 valence electrons. The zero-order valence-electron chi connectivity index (χ0n) is 12.1. The highest BCUT2D eigenvalue weighted by molar-refractivity contribution is 7.13. The van der Waals surface area contributed by atoms with Crippen molar-refractivity contribution in [3.63, 3.8) is 0 Å². The fourth-order valence-electron chi connectivity index (χ4n) is 1.94. The van der Waals surface area contributed by atoms with E-state index in [1.165, 1.54) is 24.5 Å². The Labute approximate surface area is 135 Å². The first-order valence-corrected chi connectivity index (χ1v) is 7.46. The maximum atomic E-state index is 9.79. The minimum atomic E-state index is -0.0108. The SMILES string of the molecule is COc1ccc(/C=C(\C#N)c2nc(-c3cccs3)no2)cc1O. The number of hydrogen-bond acceptors (Lipinski definition) is 7. The minimum Gasteiger partial charge on any atom is -0.504 e. The van der Waals surface area contributed by atoms with Gasteiger partial charge in [-0.25, -0.2) is 0 Å². The molecule has 0 aliphatic rings. The van der Waals surface area contributed by atoms with Gasteiger partial charge in [0.25, 0.3) is 5.89 Å². The molecule has 7 heteroatoms. The third-order valence-electron chi connectivity index (χ3n) is 3.03. The number of nitrogens with zero attached hydrogens (tertiary/aromatic N) is 3. The summed E-state index contributed by atoms with van der Waals surface area (Å²) in [6.07, 6.45) is 1.56. The molecule has 3 aromatic rings. The van der Waals surface area contributed by atoms with E-state index in [4.69, 9.17) is 9.26 Å². The topological polar surface area (TPSA) is 92.2 Å². The molecule has 0 unspecified atom stereocenters. The summed E-state index contributed by atoms with van der Waals surface area (Å²) in [5, 5.41) is 24.9. The second-order valence-electron chi connectivity index (χ2n) is 4.50. The summed E-state index contributed by atoms with van der Waals surface area (Å²) in [7, 11) is 1.47. The molecule has 0 amide bonds. The molecular weight excluding hydrogens is 314 g/mol. The van der Waals surface area contributed by atoms with Crippen LogP contribution in [0.4, 0.5) is 0 Å². The molecule has 0 spiro atoms. The van der Waals surface area contributed by atoms with Crippen molar-refractivity contribution in [2.45, 2.75) is 0 Å².